The highest BCUT2D eigenvalue weighted by molar-refractivity contribution is 5.95. The van der Waals surface area contributed by atoms with E-state index in [-0.39, 0.29) is 12.8 Å². The van der Waals surface area contributed by atoms with Crippen LogP contribution in [0.1, 0.15) is 17.7 Å². The first-order valence-electron chi connectivity index (χ1n) is 11.9. The van der Waals surface area contributed by atoms with Gasteiger partial charge in [-0.25, -0.2) is 9.78 Å². The van der Waals surface area contributed by atoms with E-state index in [2.05, 4.69) is 30.9 Å². The van der Waals surface area contributed by atoms with Crippen molar-refractivity contribution >= 4 is 40.5 Å². The number of nitrogens with two attached hydrogens (primary N) is 2. The molecule has 0 fully saturated rings. The number of fused-ring (bicyclic) bond motifs is 1. The zero-order valence-electron chi connectivity index (χ0n) is 20.7. The Hall–Kier alpha value is -4.76. The molecule has 0 aliphatic rings. The quantitative estimate of drug-likeness (QED) is 0.103. The summed E-state index contributed by atoms with van der Waals surface area (Å²) in [5.41, 5.74) is 12.6. The van der Waals surface area contributed by atoms with E-state index in [9.17, 15) is 34.2 Å². The van der Waals surface area contributed by atoms with Crippen LogP contribution in [0.2, 0.25) is 0 Å². The second kappa shape index (κ2) is 13.2. The number of carbonyl (C=O) groups excluding carboxylic acids is 4. The lowest BCUT2D eigenvalue weighted by Crippen LogP contribution is -2.58. The number of carboxylic acid groups (broad SMARTS) is 1. The molecule has 0 bridgehead atoms. The number of H-pyrrole nitrogens is 2. The highest BCUT2D eigenvalue weighted by Crippen LogP contribution is 2.19. The van der Waals surface area contributed by atoms with Crippen LogP contribution >= 0.6 is 0 Å². The number of benzene rings is 1. The third kappa shape index (κ3) is 7.86. The van der Waals surface area contributed by atoms with Gasteiger partial charge in [-0.1, -0.05) is 18.2 Å². The average molecular weight is 543 g/mol. The van der Waals surface area contributed by atoms with Crippen molar-refractivity contribution in [1.29, 1.82) is 0 Å². The fourth-order valence-corrected chi connectivity index (χ4v) is 3.86. The first kappa shape index (κ1) is 28.8. The van der Waals surface area contributed by atoms with Crippen LogP contribution in [0.5, 0.6) is 0 Å². The van der Waals surface area contributed by atoms with Crippen LogP contribution < -0.4 is 27.4 Å². The van der Waals surface area contributed by atoms with Crippen molar-refractivity contribution in [3.63, 3.8) is 0 Å². The summed E-state index contributed by atoms with van der Waals surface area (Å²) in [6, 6.07) is 1.76. The molecule has 39 heavy (non-hydrogen) atoms. The monoisotopic (exact) mass is 542 g/mol. The topological polar surface area (TPSA) is 258 Å². The van der Waals surface area contributed by atoms with Crippen molar-refractivity contribution < 1.29 is 34.2 Å². The van der Waals surface area contributed by atoms with E-state index in [1.807, 2.05) is 18.2 Å². The maximum absolute atomic E-state index is 13.4. The fourth-order valence-electron chi connectivity index (χ4n) is 3.86. The van der Waals surface area contributed by atoms with Gasteiger partial charge in [0, 0.05) is 41.8 Å². The molecule has 4 atom stereocenters. The Morgan fingerprint density at radius 2 is 1.56 bits per heavy atom. The van der Waals surface area contributed by atoms with Gasteiger partial charge in [0.05, 0.1) is 19.4 Å². The Kier molecular flexibility index (Phi) is 9.72. The Morgan fingerprint density at radius 3 is 2.18 bits per heavy atom. The molecule has 0 radical (unpaired) electrons. The molecule has 15 heteroatoms. The minimum absolute atomic E-state index is 0.0590. The van der Waals surface area contributed by atoms with Crippen LogP contribution in [-0.4, -0.2) is 85.5 Å². The first-order chi connectivity index (χ1) is 18.6. The zero-order chi connectivity index (χ0) is 28.5. The summed E-state index contributed by atoms with van der Waals surface area (Å²) in [6.45, 7) is -0.660. The van der Waals surface area contributed by atoms with Crippen molar-refractivity contribution in [2.24, 2.45) is 11.5 Å². The second-order valence-corrected chi connectivity index (χ2v) is 8.83. The zero-order valence-corrected chi connectivity index (χ0v) is 20.7. The van der Waals surface area contributed by atoms with Crippen molar-refractivity contribution in [2.75, 3.05) is 6.61 Å². The number of nitrogens with zero attached hydrogens (tertiary/aromatic N) is 1. The molecule has 11 N–H and O–H groups in total. The minimum Gasteiger partial charge on any atom is -0.480 e. The molecule has 0 saturated carbocycles. The molecular weight excluding hydrogens is 512 g/mol. The van der Waals surface area contributed by atoms with Gasteiger partial charge < -0.3 is 47.6 Å². The number of primary amides is 1. The molecule has 0 spiro atoms. The van der Waals surface area contributed by atoms with Crippen LogP contribution in [0, 0.1) is 0 Å². The summed E-state index contributed by atoms with van der Waals surface area (Å²) in [4.78, 5) is 71.7. The van der Waals surface area contributed by atoms with Crippen molar-refractivity contribution in [1.82, 2.24) is 30.9 Å². The highest BCUT2D eigenvalue weighted by Gasteiger charge is 2.31. The van der Waals surface area contributed by atoms with E-state index in [4.69, 9.17) is 11.5 Å². The Balaban J connectivity index is 1.88. The average Bonchev–Trinajstić information content (AvgIpc) is 3.56. The molecular formula is C24H30N8O7. The van der Waals surface area contributed by atoms with E-state index >= 15 is 0 Å². The van der Waals surface area contributed by atoms with Crippen LogP contribution in [0.25, 0.3) is 10.9 Å². The number of imidazole rings is 1. The number of hydrogen-bond acceptors (Lipinski definition) is 8. The molecule has 0 aliphatic heterocycles. The van der Waals surface area contributed by atoms with Crippen LogP contribution in [0.4, 0.5) is 0 Å². The van der Waals surface area contributed by atoms with Crippen LogP contribution in [-0.2, 0) is 36.8 Å². The second-order valence-electron chi connectivity index (χ2n) is 8.83. The Labute approximate surface area is 221 Å². The number of para-hydroxylation sites is 1. The number of nitrogens with one attached hydrogen (secondary N) is 5. The lowest BCUT2D eigenvalue weighted by molar-refractivity contribution is -0.143. The van der Waals surface area contributed by atoms with E-state index in [0.29, 0.717) is 11.3 Å². The van der Waals surface area contributed by atoms with Gasteiger partial charge in [-0.15, -0.1) is 0 Å². The van der Waals surface area contributed by atoms with Gasteiger partial charge in [0.25, 0.3) is 0 Å². The molecule has 3 rings (SSSR count). The molecule has 15 nitrogen and oxygen atoms in total. The van der Waals surface area contributed by atoms with E-state index in [1.54, 1.807) is 12.3 Å². The molecule has 2 aromatic heterocycles. The molecule has 0 aliphatic carbocycles. The van der Waals surface area contributed by atoms with Crippen molar-refractivity contribution in [3.05, 3.63) is 54.2 Å². The minimum atomic E-state index is -1.62. The number of amides is 4. The summed E-state index contributed by atoms with van der Waals surface area (Å²) in [5, 5.41) is 26.7. The van der Waals surface area contributed by atoms with Gasteiger partial charge in [-0.2, -0.15) is 0 Å². The van der Waals surface area contributed by atoms with Crippen molar-refractivity contribution in [2.45, 2.75) is 43.4 Å². The standard InChI is InChI=1S/C24H30N8O7/c25-15(10-33)21(35)30-18(6-13-9-27-11-29-13)23(37)31-17(22(36)32-19(24(38)39)7-20(26)34)5-12-8-28-16-4-2-1-3-14(12)16/h1-4,8-9,11,15,17-19,28,33H,5-7,10,25H2,(H2,26,34)(H,27,29)(H,30,35)(H,31,37)(H,32,36)(H,38,39). The van der Waals surface area contributed by atoms with Gasteiger partial charge >= 0.3 is 5.97 Å². The fraction of sp³-hybridized carbons (Fsp3) is 0.333. The van der Waals surface area contributed by atoms with Gasteiger partial charge in [-0.05, 0) is 11.6 Å². The van der Waals surface area contributed by atoms with Gasteiger partial charge in [0.15, 0.2) is 0 Å². The van der Waals surface area contributed by atoms with E-state index in [0.717, 1.165) is 10.9 Å². The van der Waals surface area contributed by atoms with Gasteiger partial charge in [0.2, 0.25) is 23.6 Å². The number of carbonyl (C=O) groups is 5. The number of aromatic nitrogens is 3. The smallest absolute Gasteiger partial charge is 0.326 e. The number of hydrogen-bond donors (Lipinski definition) is 9. The van der Waals surface area contributed by atoms with Crippen LogP contribution in [0.15, 0.2) is 43.0 Å². The number of aliphatic hydroxyl groups excluding tert-OH is 1. The van der Waals surface area contributed by atoms with Crippen LogP contribution in [0.3, 0.4) is 0 Å². The molecule has 2 heterocycles. The van der Waals surface area contributed by atoms with Gasteiger partial charge in [0.1, 0.15) is 24.2 Å². The Morgan fingerprint density at radius 1 is 0.923 bits per heavy atom. The normalized spacial score (nSPS) is 14.1. The summed E-state index contributed by atoms with van der Waals surface area (Å²) >= 11 is 0. The lowest BCUT2D eigenvalue weighted by atomic mass is 10.0. The molecule has 3 aromatic rings. The predicted octanol–water partition coefficient (Wildman–Crippen LogP) is -2.59. The maximum Gasteiger partial charge on any atom is 0.326 e. The number of carboxylic acids is 1. The Bertz CT molecular complexity index is 1320. The summed E-state index contributed by atoms with van der Waals surface area (Å²) in [6.07, 6.45) is 3.69. The molecule has 1 aromatic carbocycles. The third-order valence-corrected chi connectivity index (χ3v) is 5.90. The summed E-state index contributed by atoms with van der Waals surface area (Å²) in [7, 11) is 0. The SMILES string of the molecule is NC(=O)CC(NC(=O)C(Cc1c[nH]c2ccccc12)NC(=O)C(Cc1cnc[nH]1)NC(=O)C(N)CO)C(=O)O. The molecule has 0 saturated heterocycles. The molecule has 4 amide bonds. The first-order valence-corrected chi connectivity index (χ1v) is 11.9. The van der Waals surface area contributed by atoms with E-state index in [1.165, 1.54) is 12.5 Å². The number of aliphatic carboxylic acids is 1. The number of aliphatic hydroxyl groups is 1. The predicted molar refractivity (Wildman–Crippen MR) is 137 cm³/mol. The molecule has 208 valence electrons. The molecule has 4 unspecified atom stereocenters. The largest absolute Gasteiger partial charge is 0.480 e. The number of rotatable bonds is 14. The van der Waals surface area contributed by atoms with Gasteiger partial charge in [-0.3, -0.25) is 19.2 Å². The third-order valence-electron chi connectivity index (χ3n) is 5.90. The van der Waals surface area contributed by atoms with Crippen molar-refractivity contribution in [3.8, 4) is 0 Å². The summed E-state index contributed by atoms with van der Waals surface area (Å²) in [5.74, 6) is -4.91. The summed E-state index contributed by atoms with van der Waals surface area (Å²) < 4.78 is 0. The number of aromatic amines is 2. The highest BCUT2D eigenvalue weighted by atomic mass is 16.4. The lowest BCUT2D eigenvalue weighted by Gasteiger charge is -2.25. The van der Waals surface area contributed by atoms with E-state index < -0.39 is 66.8 Å². The maximum atomic E-state index is 13.4.